The van der Waals surface area contributed by atoms with E-state index in [-0.39, 0.29) is 24.1 Å². The Kier molecular flexibility index (Phi) is 4.71. The van der Waals surface area contributed by atoms with E-state index in [4.69, 9.17) is 4.74 Å². The molecule has 0 bridgehead atoms. The normalized spacial score (nSPS) is 20.9. The van der Waals surface area contributed by atoms with Gasteiger partial charge in [0, 0.05) is 38.3 Å². The third-order valence-electron chi connectivity index (χ3n) is 6.55. The molecule has 1 saturated heterocycles. The van der Waals surface area contributed by atoms with E-state index in [1.165, 1.54) is 14.9 Å². The molecule has 0 radical (unpaired) electrons. The highest BCUT2D eigenvalue weighted by atomic mass is 32.2. The average molecular weight is 444 g/mol. The molecule has 1 unspecified atom stereocenters. The van der Waals surface area contributed by atoms with Gasteiger partial charge in [-0.3, -0.25) is 9.59 Å². The summed E-state index contributed by atoms with van der Waals surface area (Å²) in [6.07, 6.45) is 1.95. The van der Waals surface area contributed by atoms with Crippen molar-refractivity contribution in [1.82, 2.24) is 8.87 Å². The van der Waals surface area contributed by atoms with Crippen LogP contribution in [0.25, 0.3) is 0 Å². The van der Waals surface area contributed by atoms with E-state index in [2.05, 4.69) is 0 Å². The highest BCUT2D eigenvalue weighted by Gasteiger charge is 2.37. The smallest absolute Gasteiger partial charge is 0.254 e. The van der Waals surface area contributed by atoms with Crippen LogP contribution in [0.15, 0.2) is 34.0 Å². The number of anilines is 1. The Morgan fingerprint density at radius 2 is 1.74 bits per heavy atom. The van der Waals surface area contributed by atoms with E-state index >= 15 is 0 Å². The SMILES string of the molecule is Cc1cc(OC2CCN(S(=O)(=O)c3cc4c5c(c3)CCN5C(=O)CC4)C2)cc(=O)n1C. The summed E-state index contributed by atoms with van der Waals surface area (Å²) in [7, 11) is -1.97. The monoisotopic (exact) mass is 443 g/mol. The fraction of sp³-hybridized carbons (Fsp3) is 0.455. The molecule has 0 saturated carbocycles. The predicted octanol–water partition coefficient (Wildman–Crippen LogP) is 1.37. The second-order valence-electron chi connectivity index (χ2n) is 8.51. The average Bonchev–Trinajstić information content (AvgIpc) is 3.37. The number of ether oxygens (including phenoxy) is 1. The number of carbonyl (C=O) groups excluding carboxylic acids is 1. The van der Waals surface area contributed by atoms with Crippen molar-refractivity contribution in [3.05, 3.63) is 51.4 Å². The molecule has 1 amide bonds. The van der Waals surface area contributed by atoms with Gasteiger partial charge in [0.15, 0.2) is 0 Å². The maximum atomic E-state index is 13.4. The molecule has 3 aliphatic heterocycles. The summed E-state index contributed by atoms with van der Waals surface area (Å²) in [6.45, 7) is 3.07. The van der Waals surface area contributed by atoms with Crippen molar-refractivity contribution < 1.29 is 17.9 Å². The zero-order valence-corrected chi connectivity index (χ0v) is 18.4. The van der Waals surface area contributed by atoms with Crippen molar-refractivity contribution in [2.45, 2.75) is 43.6 Å². The summed E-state index contributed by atoms with van der Waals surface area (Å²) in [5, 5.41) is 0. The number of benzene rings is 1. The van der Waals surface area contributed by atoms with E-state index in [1.54, 1.807) is 30.1 Å². The van der Waals surface area contributed by atoms with Crippen LogP contribution in [0.3, 0.4) is 0 Å². The molecule has 31 heavy (non-hydrogen) atoms. The van der Waals surface area contributed by atoms with Crippen molar-refractivity contribution in [1.29, 1.82) is 0 Å². The Labute approximate surface area is 181 Å². The van der Waals surface area contributed by atoms with Gasteiger partial charge in [0.05, 0.1) is 17.1 Å². The van der Waals surface area contributed by atoms with Crippen molar-refractivity contribution in [3.63, 3.8) is 0 Å². The van der Waals surface area contributed by atoms with Gasteiger partial charge in [0.2, 0.25) is 15.9 Å². The number of pyridine rings is 1. The Bertz CT molecular complexity index is 1250. The van der Waals surface area contributed by atoms with Crippen LogP contribution in [0.4, 0.5) is 5.69 Å². The van der Waals surface area contributed by atoms with Gasteiger partial charge in [-0.2, -0.15) is 4.31 Å². The summed E-state index contributed by atoms with van der Waals surface area (Å²) in [5.41, 5.74) is 3.42. The molecule has 0 spiro atoms. The first kappa shape index (κ1) is 20.3. The summed E-state index contributed by atoms with van der Waals surface area (Å²) in [5.74, 6) is 0.587. The first-order valence-electron chi connectivity index (χ1n) is 10.5. The third kappa shape index (κ3) is 3.36. The van der Waals surface area contributed by atoms with Gasteiger partial charge in [0.25, 0.3) is 5.56 Å². The Hall–Kier alpha value is -2.65. The Morgan fingerprint density at radius 3 is 2.48 bits per heavy atom. The van der Waals surface area contributed by atoms with Gasteiger partial charge in [0.1, 0.15) is 11.9 Å². The maximum Gasteiger partial charge on any atom is 0.254 e. The second kappa shape index (κ2) is 7.20. The molecule has 1 fully saturated rings. The molecule has 8 nitrogen and oxygen atoms in total. The quantitative estimate of drug-likeness (QED) is 0.712. The summed E-state index contributed by atoms with van der Waals surface area (Å²) in [4.78, 5) is 26.2. The lowest BCUT2D eigenvalue weighted by atomic mass is 10.00. The van der Waals surface area contributed by atoms with Crippen LogP contribution in [0.5, 0.6) is 5.75 Å². The molecule has 2 aromatic rings. The highest BCUT2D eigenvalue weighted by molar-refractivity contribution is 7.89. The minimum atomic E-state index is -3.66. The zero-order valence-electron chi connectivity index (χ0n) is 17.6. The van der Waals surface area contributed by atoms with Gasteiger partial charge in [-0.25, -0.2) is 8.42 Å². The third-order valence-corrected chi connectivity index (χ3v) is 8.39. The Balaban J connectivity index is 1.37. The second-order valence-corrected chi connectivity index (χ2v) is 10.4. The number of sulfonamides is 1. The van der Waals surface area contributed by atoms with E-state index in [0.29, 0.717) is 49.4 Å². The van der Waals surface area contributed by atoms with Gasteiger partial charge < -0.3 is 14.2 Å². The fourth-order valence-corrected chi connectivity index (χ4v) is 6.32. The number of rotatable bonds is 4. The molecule has 164 valence electrons. The minimum absolute atomic E-state index is 0.118. The van der Waals surface area contributed by atoms with Crippen LogP contribution in [0.1, 0.15) is 29.7 Å². The van der Waals surface area contributed by atoms with Crippen LogP contribution in [-0.2, 0) is 34.7 Å². The van der Waals surface area contributed by atoms with E-state index in [9.17, 15) is 18.0 Å². The summed E-state index contributed by atoms with van der Waals surface area (Å²) < 4.78 is 35.6. The number of carbonyl (C=O) groups is 1. The highest BCUT2D eigenvalue weighted by Crippen LogP contribution is 2.39. The van der Waals surface area contributed by atoms with Crippen LogP contribution < -0.4 is 15.2 Å². The molecule has 1 aromatic heterocycles. The number of aryl methyl sites for hydroxylation is 2. The van der Waals surface area contributed by atoms with Crippen LogP contribution >= 0.6 is 0 Å². The molecule has 4 heterocycles. The van der Waals surface area contributed by atoms with Crippen LogP contribution in [0, 0.1) is 6.92 Å². The van der Waals surface area contributed by atoms with Gasteiger partial charge in [-0.05, 0) is 55.5 Å². The first-order chi connectivity index (χ1) is 14.7. The lowest BCUT2D eigenvalue weighted by molar-refractivity contribution is -0.118. The molecule has 9 heteroatoms. The molecule has 0 N–H and O–H groups in total. The molecule has 1 atom stereocenters. The number of hydrogen-bond acceptors (Lipinski definition) is 5. The molecular weight excluding hydrogens is 418 g/mol. The fourth-order valence-electron chi connectivity index (χ4n) is 4.73. The van der Waals surface area contributed by atoms with Gasteiger partial charge in [-0.1, -0.05) is 0 Å². The Morgan fingerprint density at radius 1 is 1.00 bits per heavy atom. The lowest BCUT2D eigenvalue weighted by Crippen LogP contribution is -2.33. The summed E-state index contributed by atoms with van der Waals surface area (Å²) in [6, 6.07) is 6.68. The van der Waals surface area contributed by atoms with E-state index < -0.39 is 10.0 Å². The van der Waals surface area contributed by atoms with Crippen LogP contribution in [-0.4, -0.2) is 48.9 Å². The number of aromatic nitrogens is 1. The largest absolute Gasteiger partial charge is 0.489 e. The molecule has 5 rings (SSSR count). The van der Waals surface area contributed by atoms with Crippen molar-refractivity contribution in [2.75, 3.05) is 24.5 Å². The summed E-state index contributed by atoms with van der Waals surface area (Å²) >= 11 is 0. The topological polar surface area (TPSA) is 88.9 Å². The first-order valence-corrected chi connectivity index (χ1v) is 12.0. The molecule has 0 aliphatic carbocycles. The number of hydrogen-bond donors (Lipinski definition) is 0. The predicted molar refractivity (Wildman–Crippen MR) is 115 cm³/mol. The molecule has 3 aliphatic rings. The van der Waals surface area contributed by atoms with E-state index in [0.717, 1.165) is 22.5 Å². The van der Waals surface area contributed by atoms with Crippen molar-refractivity contribution in [3.8, 4) is 5.75 Å². The number of nitrogens with zero attached hydrogens (tertiary/aromatic N) is 3. The number of amides is 1. The maximum absolute atomic E-state index is 13.4. The molecule has 1 aromatic carbocycles. The van der Waals surface area contributed by atoms with Gasteiger partial charge >= 0.3 is 0 Å². The van der Waals surface area contributed by atoms with Crippen molar-refractivity contribution in [2.24, 2.45) is 7.05 Å². The standard InChI is InChI=1S/C22H25N3O5S/c1-14-9-18(12-21(27)23(14)2)30-17-6-7-24(13-17)31(28,29)19-10-15-3-4-20(26)25-8-5-16(11-19)22(15)25/h9-12,17H,3-8,13H2,1-2H3. The van der Waals surface area contributed by atoms with E-state index in [1.807, 2.05) is 6.92 Å². The van der Waals surface area contributed by atoms with Gasteiger partial charge in [-0.15, -0.1) is 0 Å². The minimum Gasteiger partial charge on any atom is -0.489 e. The lowest BCUT2D eigenvalue weighted by Gasteiger charge is -2.26. The van der Waals surface area contributed by atoms with Crippen molar-refractivity contribution >= 4 is 21.6 Å². The zero-order chi connectivity index (χ0) is 21.9. The van der Waals surface area contributed by atoms with Crippen LogP contribution in [0.2, 0.25) is 0 Å². The molecular formula is C22H25N3O5S.